The molecule has 0 N–H and O–H groups in total. The largest absolute Gasteiger partial charge is 0.497 e. The molecule has 0 spiro atoms. The van der Waals surface area contributed by atoms with Crippen LogP contribution in [-0.2, 0) is 17.9 Å². The Balaban J connectivity index is 1.97. The molecular weight excluding hydrogens is 387 g/mol. The van der Waals surface area contributed by atoms with Crippen molar-refractivity contribution in [2.45, 2.75) is 19.3 Å². The highest BCUT2D eigenvalue weighted by molar-refractivity contribution is 5.99. The van der Waals surface area contributed by atoms with Crippen molar-refractivity contribution in [2.24, 2.45) is 0 Å². The molecule has 2 aromatic carbocycles. The average Bonchev–Trinajstić information content (AvgIpc) is 3.05. The van der Waals surface area contributed by atoms with E-state index >= 15 is 0 Å². The molecule has 0 saturated carbocycles. The van der Waals surface area contributed by atoms with Crippen molar-refractivity contribution in [3.05, 3.63) is 65.4 Å². The number of para-hydroxylation sites is 1. The summed E-state index contributed by atoms with van der Waals surface area (Å²) in [6.45, 7) is -1.59. The molecular formula is C21H20F3NO4. The number of amides is 1. The SMILES string of the molecule is COCc1c(C(=O)N(Cc2ccc(OC)cc2)CC(F)(F)F)oc2ccccc12. The molecule has 3 aromatic rings. The van der Waals surface area contributed by atoms with Gasteiger partial charge in [-0.1, -0.05) is 30.3 Å². The molecule has 0 aliphatic carbocycles. The van der Waals surface area contributed by atoms with Crippen LogP contribution in [0.1, 0.15) is 21.7 Å². The average molecular weight is 407 g/mol. The molecule has 3 rings (SSSR count). The molecule has 5 nitrogen and oxygen atoms in total. The van der Waals surface area contributed by atoms with Gasteiger partial charge in [-0.15, -0.1) is 0 Å². The first-order chi connectivity index (χ1) is 13.8. The van der Waals surface area contributed by atoms with Gasteiger partial charge in [0.2, 0.25) is 0 Å². The summed E-state index contributed by atoms with van der Waals surface area (Å²) in [4.78, 5) is 13.8. The van der Waals surface area contributed by atoms with Gasteiger partial charge in [-0.25, -0.2) is 0 Å². The lowest BCUT2D eigenvalue weighted by molar-refractivity contribution is -0.141. The molecule has 1 aromatic heterocycles. The second-order valence-corrected chi connectivity index (χ2v) is 6.46. The minimum absolute atomic E-state index is 0.0421. The maximum absolute atomic E-state index is 13.2. The minimum Gasteiger partial charge on any atom is -0.497 e. The second-order valence-electron chi connectivity index (χ2n) is 6.46. The van der Waals surface area contributed by atoms with Crippen molar-refractivity contribution in [1.29, 1.82) is 0 Å². The number of fused-ring (bicyclic) bond motifs is 1. The molecule has 0 fully saturated rings. The lowest BCUT2D eigenvalue weighted by atomic mass is 10.1. The molecule has 1 amide bonds. The predicted octanol–water partition coefficient (Wildman–Crippen LogP) is 4.79. The van der Waals surface area contributed by atoms with Gasteiger partial charge in [-0.05, 0) is 23.8 Å². The van der Waals surface area contributed by atoms with Crippen LogP contribution >= 0.6 is 0 Å². The van der Waals surface area contributed by atoms with Crippen molar-refractivity contribution in [3.63, 3.8) is 0 Å². The van der Waals surface area contributed by atoms with Crippen LogP contribution in [0.5, 0.6) is 5.75 Å². The third-order valence-corrected chi connectivity index (χ3v) is 4.37. The van der Waals surface area contributed by atoms with Crippen LogP contribution in [0.15, 0.2) is 52.9 Å². The Hall–Kier alpha value is -3.00. The van der Waals surface area contributed by atoms with Gasteiger partial charge >= 0.3 is 6.18 Å². The van der Waals surface area contributed by atoms with E-state index in [0.29, 0.717) is 27.8 Å². The number of carbonyl (C=O) groups is 1. The van der Waals surface area contributed by atoms with Crippen LogP contribution in [0, 0.1) is 0 Å². The normalized spacial score (nSPS) is 11.6. The molecule has 0 saturated heterocycles. The highest BCUT2D eigenvalue weighted by Crippen LogP contribution is 2.29. The molecule has 0 aliphatic rings. The summed E-state index contributed by atoms with van der Waals surface area (Å²) >= 11 is 0. The fourth-order valence-electron chi connectivity index (χ4n) is 3.07. The van der Waals surface area contributed by atoms with Crippen molar-refractivity contribution >= 4 is 16.9 Å². The van der Waals surface area contributed by atoms with Gasteiger partial charge in [-0.2, -0.15) is 13.2 Å². The lowest BCUT2D eigenvalue weighted by Gasteiger charge is -2.23. The van der Waals surface area contributed by atoms with Crippen molar-refractivity contribution in [2.75, 3.05) is 20.8 Å². The standard InChI is InChI=1S/C21H20F3NO4/c1-27-12-17-16-5-3-4-6-18(16)29-19(17)20(26)25(13-21(22,23)24)11-14-7-9-15(28-2)10-8-14/h3-10H,11-13H2,1-2H3. The van der Waals surface area contributed by atoms with Crippen molar-refractivity contribution in [3.8, 4) is 5.75 Å². The molecule has 0 radical (unpaired) electrons. The number of nitrogens with zero attached hydrogens (tertiary/aromatic N) is 1. The summed E-state index contributed by atoms with van der Waals surface area (Å²) in [7, 11) is 2.94. The molecule has 0 bridgehead atoms. The summed E-state index contributed by atoms with van der Waals surface area (Å²) in [5.41, 5.74) is 1.38. The number of methoxy groups -OCH3 is 2. The fraction of sp³-hybridized carbons (Fsp3) is 0.286. The Morgan fingerprint density at radius 3 is 2.38 bits per heavy atom. The predicted molar refractivity (Wildman–Crippen MR) is 101 cm³/mol. The fourth-order valence-corrected chi connectivity index (χ4v) is 3.07. The number of ether oxygens (including phenoxy) is 2. The van der Waals surface area contributed by atoms with Gasteiger partial charge in [0.25, 0.3) is 5.91 Å². The van der Waals surface area contributed by atoms with Crippen LogP contribution in [0.2, 0.25) is 0 Å². The van der Waals surface area contributed by atoms with E-state index in [1.807, 2.05) is 0 Å². The number of benzene rings is 2. The number of rotatable bonds is 7. The van der Waals surface area contributed by atoms with Crippen LogP contribution in [-0.4, -0.2) is 37.7 Å². The van der Waals surface area contributed by atoms with E-state index in [2.05, 4.69) is 0 Å². The molecule has 8 heteroatoms. The van der Waals surface area contributed by atoms with Gasteiger partial charge in [0.15, 0.2) is 5.76 Å². The number of hydrogen-bond donors (Lipinski definition) is 0. The third-order valence-electron chi connectivity index (χ3n) is 4.37. The Morgan fingerprint density at radius 1 is 1.07 bits per heavy atom. The smallest absolute Gasteiger partial charge is 0.406 e. The van der Waals surface area contributed by atoms with Crippen LogP contribution in [0.3, 0.4) is 0 Å². The van der Waals surface area contributed by atoms with E-state index in [-0.39, 0.29) is 18.9 Å². The van der Waals surface area contributed by atoms with Crippen LogP contribution in [0.4, 0.5) is 13.2 Å². The molecule has 0 atom stereocenters. The molecule has 1 heterocycles. The Kier molecular flexibility index (Phi) is 6.12. The summed E-state index contributed by atoms with van der Waals surface area (Å²) in [6, 6.07) is 13.4. The second kappa shape index (κ2) is 8.57. The number of alkyl halides is 3. The monoisotopic (exact) mass is 407 g/mol. The Bertz CT molecular complexity index is 980. The van der Waals surface area contributed by atoms with Crippen molar-refractivity contribution < 1.29 is 31.9 Å². The van der Waals surface area contributed by atoms with Gasteiger partial charge in [0.1, 0.15) is 17.9 Å². The van der Waals surface area contributed by atoms with E-state index in [1.54, 1.807) is 48.5 Å². The summed E-state index contributed by atoms with van der Waals surface area (Å²) in [5, 5.41) is 0.633. The lowest BCUT2D eigenvalue weighted by Crippen LogP contribution is -2.38. The number of halogens is 3. The van der Waals surface area contributed by atoms with Crippen LogP contribution < -0.4 is 4.74 Å². The van der Waals surface area contributed by atoms with Gasteiger partial charge < -0.3 is 18.8 Å². The highest BCUT2D eigenvalue weighted by atomic mass is 19.4. The third kappa shape index (κ3) is 4.89. The van der Waals surface area contributed by atoms with E-state index in [0.717, 1.165) is 4.90 Å². The maximum Gasteiger partial charge on any atom is 0.406 e. The zero-order valence-corrected chi connectivity index (χ0v) is 16.0. The first-order valence-corrected chi connectivity index (χ1v) is 8.80. The molecule has 0 unspecified atom stereocenters. The van der Waals surface area contributed by atoms with Gasteiger partial charge in [-0.3, -0.25) is 4.79 Å². The summed E-state index contributed by atoms with van der Waals surface area (Å²) < 4.78 is 55.4. The summed E-state index contributed by atoms with van der Waals surface area (Å²) in [5.74, 6) is -0.422. The van der Waals surface area contributed by atoms with E-state index < -0.39 is 18.6 Å². The number of furan rings is 1. The topological polar surface area (TPSA) is 51.9 Å². The highest BCUT2D eigenvalue weighted by Gasteiger charge is 2.35. The first-order valence-electron chi connectivity index (χ1n) is 8.80. The molecule has 29 heavy (non-hydrogen) atoms. The van der Waals surface area contributed by atoms with Crippen LogP contribution in [0.25, 0.3) is 11.0 Å². The maximum atomic E-state index is 13.2. The molecule has 0 aliphatic heterocycles. The quantitative estimate of drug-likeness (QED) is 0.565. The van der Waals surface area contributed by atoms with E-state index in [9.17, 15) is 18.0 Å². The number of carbonyl (C=O) groups excluding carboxylic acids is 1. The van der Waals surface area contributed by atoms with Gasteiger partial charge in [0.05, 0.1) is 13.7 Å². The Morgan fingerprint density at radius 2 is 1.76 bits per heavy atom. The van der Waals surface area contributed by atoms with Gasteiger partial charge in [0, 0.05) is 24.6 Å². The van der Waals surface area contributed by atoms with Crippen molar-refractivity contribution in [1.82, 2.24) is 4.90 Å². The summed E-state index contributed by atoms with van der Waals surface area (Å²) in [6.07, 6.45) is -4.56. The van der Waals surface area contributed by atoms with E-state index in [1.165, 1.54) is 14.2 Å². The molecule has 154 valence electrons. The zero-order valence-electron chi connectivity index (χ0n) is 16.0. The zero-order chi connectivity index (χ0) is 21.0. The minimum atomic E-state index is -4.56. The first kappa shape index (κ1) is 20.7. The van der Waals surface area contributed by atoms with E-state index in [4.69, 9.17) is 13.9 Å². The number of hydrogen-bond acceptors (Lipinski definition) is 4. The Labute approximate surface area is 165 Å².